The molecule has 0 aromatic heterocycles. The van der Waals surface area contributed by atoms with E-state index in [0.717, 1.165) is 0 Å². The molecule has 8 heteroatoms. The SMILES string of the molecule is NC(OCOC1OC(=O)c2ccccc21)C(=O)OCO. The Balaban J connectivity index is 1.84. The summed E-state index contributed by atoms with van der Waals surface area (Å²) in [5, 5.41) is 8.38. The van der Waals surface area contributed by atoms with Crippen LogP contribution in [0.1, 0.15) is 22.2 Å². The second-order valence-electron chi connectivity index (χ2n) is 3.79. The number of aliphatic hydroxyl groups excluding tert-OH is 1. The lowest BCUT2D eigenvalue weighted by atomic mass is 10.1. The summed E-state index contributed by atoms with van der Waals surface area (Å²) in [5.41, 5.74) is 6.31. The van der Waals surface area contributed by atoms with Crippen molar-refractivity contribution in [2.45, 2.75) is 12.5 Å². The fourth-order valence-electron chi connectivity index (χ4n) is 1.62. The van der Waals surface area contributed by atoms with Gasteiger partial charge in [-0.3, -0.25) is 5.73 Å². The highest BCUT2D eigenvalue weighted by Crippen LogP contribution is 2.30. The van der Waals surface area contributed by atoms with Crippen LogP contribution in [0.25, 0.3) is 0 Å². The van der Waals surface area contributed by atoms with Gasteiger partial charge < -0.3 is 24.1 Å². The van der Waals surface area contributed by atoms with Gasteiger partial charge in [-0.15, -0.1) is 0 Å². The molecule has 1 aromatic rings. The molecule has 1 aliphatic rings. The number of hydrogen-bond acceptors (Lipinski definition) is 8. The van der Waals surface area contributed by atoms with Crippen molar-refractivity contribution in [3.05, 3.63) is 35.4 Å². The number of nitrogens with two attached hydrogens (primary N) is 1. The standard InChI is InChI=1S/C12H13NO7/c13-9(11(16)17-5-14)18-6-19-12-8-4-2-1-3-7(8)10(15)20-12/h1-4,9,12,14H,5-6,13H2. The Labute approximate surface area is 114 Å². The molecule has 1 aliphatic heterocycles. The van der Waals surface area contributed by atoms with Crippen LogP contribution in [0.3, 0.4) is 0 Å². The Kier molecular flexibility index (Phi) is 4.64. The molecule has 3 N–H and O–H groups in total. The van der Waals surface area contributed by atoms with Crippen LogP contribution in [0.4, 0.5) is 0 Å². The maximum atomic E-state index is 11.5. The third-order valence-electron chi connectivity index (χ3n) is 2.55. The average Bonchev–Trinajstić information content (AvgIpc) is 2.76. The second kappa shape index (κ2) is 6.44. The van der Waals surface area contributed by atoms with Crippen LogP contribution in [0, 0.1) is 0 Å². The largest absolute Gasteiger partial charge is 0.436 e. The van der Waals surface area contributed by atoms with E-state index in [1.165, 1.54) is 0 Å². The number of rotatable bonds is 6. The average molecular weight is 283 g/mol. The van der Waals surface area contributed by atoms with Gasteiger partial charge in [-0.2, -0.15) is 0 Å². The van der Waals surface area contributed by atoms with Crippen molar-refractivity contribution in [1.29, 1.82) is 0 Å². The summed E-state index contributed by atoms with van der Waals surface area (Å²) in [6.07, 6.45) is -2.30. The van der Waals surface area contributed by atoms with Crippen molar-refractivity contribution in [2.75, 3.05) is 13.6 Å². The highest BCUT2D eigenvalue weighted by Gasteiger charge is 2.31. The van der Waals surface area contributed by atoms with Crippen molar-refractivity contribution in [2.24, 2.45) is 5.73 Å². The summed E-state index contributed by atoms with van der Waals surface area (Å²) in [5.74, 6) is -1.42. The van der Waals surface area contributed by atoms with Crippen LogP contribution >= 0.6 is 0 Å². The third kappa shape index (κ3) is 3.11. The number of fused-ring (bicyclic) bond motifs is 1. The fourth-order valence-corrected chi connectivity index (χ4v) is 1.62. The molecule has 20 heavy (non-hydrogen) atoms. The minimum Gasteiger partial charge on any atom is -0.436 e. The molecule has 0 spiro atoms. The number of carbonyl (C=O) groups is 2. The molecule has 0 radical (unpaired) electrons. The zero-order valence-electron chi connectivity index (χ0n) is 10.4. The lowest BCUT2D eigenvalue weighted by Crippen LogP contribution is -2.36. The van der Waals surface area contributed by atoms with Gasteiger partial charge in [0.1, 0.15) is 0 Å². The molecular weight excluding hydrogens is 270 g/mol. The first kappa shape index (κ1) is 14.4. The van der Waals surface area contributed by atoms with Crippen LogP contribution in [0.5, 0.6) is 0 Å². The summed E-state index contributed by atoms with van der Waals surface area (Å²) < 4.78 is 19.2. The minimum absolute atomic E-state index is 0.381. The predicted octanol–water partition coefficient (Wildman–Crippen LogP) is -0.376. The molecule has 2 unspecified atom stereocenters. The Bertz CT molecular complexity index is 504. The summed E-state index contributed by atoms with van der Waals surface area (Å²) in [6, 6.07) is 6.75. The molecular formula is C12H13NO7. The van der Waals surface area contributed by atoms with Gasteiger partial charge in [-0.1, -0.05) is 18.2 Å². The first-order valence-electron chi connectivity index (χ1n) is 5.69. The van der Waals surface area contributed by atoms with Gasteiger partial charge in [-0.25, -0.2) is 9.59 Å². The second-order valence-corrected chi connectivity index (χ2v) is 3.79. The topological polar surface area (TPSA) is 117 Å². The molecule has 8 nitrogen and oxygen atoms in total. The van der Waals surface area contributed by atoms with Crippen LogP contribution < -0.4 is 5.73 Å². The zero-order chi connectivity index (χ0) is 14.5. The summed E-state index contributed by atoms with van der Waals surface area (Å²) in [4.78, 5) is 22.5. The maximum Gasteiger partial charge on any atom is 0.352 e. The number of cyclic esters (lactones) is 1. The van der Waals surface area contributed by atoms with E-state index in [2.05, 4.69) is 4.74 Å². The van der Waals surface area contributed by atoms with Gasteiger partial charge in [0.2, 0.25) is 12.5 Å². The molecule has 108 valence electrons. The number of hydrogen-bond donors (Lipinski definition) is 2. The first-order valence-corrected chi connectivity index (χ1v) is 5.69. The van der Waals surface area contributed by atoms with Crippen LogP contribution in [0.15, 0.2) is 24.3 Å². The van der Waals surface area contributed by atoms with Crippen molar-refractivity contribution in [3.63, 3.8) is 0 Å². The van der Waals surface area contributed by atoms with E-state index in [-0.39, 0.29) is 6.79 Å². The Morgan fingerprint density at radius 3 is 2.95 bits per heavy atom. The molecule has 2 atom stereocenters. The van der Waals surface area contributed by atoms with E-state index in [1.54, 1.807) is 24.3 Å². The molecule has 0 saturated carbocycles. The molecule has 0 fully saturated rings. The zero-order valence-corrected chi connectivity index (χ0v) is 10.4. The Morgan fingerprint density at radius 2 is 2.20 bits per heavy atom. The van der Waals surface area contributed by atoms with Gasteiger partial charge in [0.25, 0.3) is 0 Å². The molecule has 0 aliphatic carbocycles. The van der Waals surface area contributed by atoms with E-state index in [0.29, 0.717) is 11.1 Å². The van der Waals surface area contributed by atoms with Gasteiger partial charge in [0.15, 0.2) is 13.6 Å². The third-order valence-corrected chi connectivity index (χ3v) is 2.55. The van der Waals surface area contributed by atoms with Crippen LogP contribution in [-0.4, -0.2) is 36.9 Å². The molecule has 0 amide bonds. The van der Waals surface area contributed by atoms with Gasteiger partial charge >= 0.3 is 11.9 Å². The minimum atomic E-state index is -1.39. The summed E-state index contributed by atoms with van der Waals surface area (Å²) in [7, 11) is 0. The van der Waals surface area contributed by atoms with Crippen molar-refractivity contribution in [1.82, 2.24) is 0 Å². The number of esters is 2. The lowest BCUT2D eigenvalue weighted by Gasteiger charge is -2.14. The summed E-state index contributed by atoms with van der Waals surface area (Å²) >= 11 is 0. The van der Waals surface area contributed by atoms with E-state index < -0.39 is 31.2 Å². The number of carbonyl (C=O) groups excluding carboxylic acids is 2. The van der Waals surface area contributed by atoms with E-state index >= 15 is 0 Å². The molecule has 2 rings (SSSR count). The van der Waals surface area contributed by atoms with Gasteiger partial charge in [0.05, 0.1) is 5.56 Å². The van der Waals surface area contributed by atoms with Gasteiger partial charge in [-0.05, 0) is 6.07 Å². The van der Waals surface area contributed by atoms with Crippen molar-refractivity contribution < 1.29 is 33.6 Å². The predicted molar refractivity (Wildman–Crippen MR) is 62.8 cm³/mol. The van der Waals surface area contributed by atoms with Crippen molar-refractivity contribution in [3.8, 4) is 0 Å². The van der Waals surface area contributed by atoms with Crippen molar-refractivity contribution >= 4 is 11.9 Å². The van der Waals surface area contributed by atoms with Gasteiger partial charge in [0, 0.05) is 5.56 Å². The lowest BCUT2D eigenvalue weighted by molar-refractivity contribution is -0.198. The Morgan fingerprint density at radius 1 is 1.45 bits per heavy atom. The van der Waals surface area contributed by atoms with Crippen LogP contribution in [-0.2, 0) is 23.7 Å². The fraction of sp³-hybridized carbons (Fsp3) is 0.333. The quantitative estimate of drug-likeness (QED) is 0.536. The molecule has 1 aromatic carbocycles. The molecule has 1 heterocycles. The van der Waals surface area contributed by atoms with E-state index in [4.69, 9.17) is 25.1 Å². The summed E-state index contributed by atoms with van der Waals surface area (Å²) in [6.45, 7) is -1.17. The normalized spacial score (nSPS) is 18.3. The number of ether oxygens (including phenoxy) is 4. The highest BCUT2D eigenvalue weighted by molar-refractivity contribution is 5.93. The van der Waals surface area contributed by atoms with Crippen LogP contribution in [0.2, 0.25) is 0 Å². The highest BCUT2D eigenvalue weighted by atomic mass is 16.8. The number of aliphatic hydroxyl groups is 1. The molecule has 0 bridgehead atoms. The maximum absolute atomic E-state index is 11.5. The monoisotopic (exact) mass is 283 g/mol. The Hall–Kier alpha value is -2.00. The first-order chi connectivity index (χ1) is 9.63. The molecule has 0 saturated heterocycles. The van der Waals surface area contributed by atoms with E-state index in [9.17, 15) is 9.59 Å². The smallest absolute Gasteiger partial charge is 0.352 e. The number of benzene rings is 1. The van der Waals surface area contributed by atoms with E-state index in [1.807, 2.05) is 0 Å².